The second kappa shape index (κ2) is 11.5. The van der Waals surface area contributed by atoms with E-state index in [2.05, 4.69) is 4.98 Å². The number of phenols is 2. The highest BCUT2D eigenvalue weighted by atomic mass is 16.5. The molecule has 4 N–H and O–H groups in total. The summed E-state index contributed by atoms with van der Waals surface area (Å²) in [5, 5.41) is 39.5. The monoisotopic (exact) mass is 439 g/mol. The number of ether oxygens (including phenoxy) is 2. The van der Waals surface area contributed by atoms with Crippen LogP contribution in [0.2, 0.25) is 0 Å². The third kappa shape index (κ3) is 5.97. The summed E-state index contributed by atoms with van der Waals surface area (Å²) in [6, 6.07) is 14.4. The molecular weight excluding hydrogens is 410 g/mol. The van der Waals surface area contributed by atoms with E-state index in [9.17, 15) is 15.3 Å². The van der Waals surface area contributed by atoms with E-state index in [1.807, 2.05) is 49.4 Å². The molecule has 0 aliphatic heterocycles. The van der Waals surface area contributed by atoms with Crippen LogP contribution in [-0.4, -0.2) is 51.3 Å². The van der Waals surface area contributed by atoms with E-state index in [0.29, 0.717) is 30.8 Å². The summed E-state index contributed by atoms with van der Waals surface area (Å²) < 4.78 is 11.3. The first kappa shape index (κ1) is 23.5. The van der Waals surface area contributed by atoms with Crippen molar-refractivity contribution in [1.29, 1.82) is 0 Å². The Morgan fingerprint density at radius 2 is 1.84 bits per heavy atom. The molecule has 0 spiro atoms. The summed E-state index contributed by atoms with van der Waals surface area (Å²) in [7, 11) is 0. The Kier molecular flexibility index (Phi) is 8.44. The Labute approximate surface area is 187 Å². The number of nitrogens with zero attached hydrogens (tertiary/aromatic N) is 1. The van der Waals surface area contributed by atoms with Crippen molar-refractivity contribution in [3.05, 3.63) is 71.5 Å². The lowest BCUT2D eigenvalue weighted by atomic mass is 9.90. The molecular formula is C25H29NO6. The molecule has 2 aromatic carbocycles. The number of aliphatic hydroxyl groups is 2. The Hall–Kier alpha value is -3.13. The number of aliphatic hydroxyl groups excluding tert-OH is 2. The van der Waals surface area contributed by atoms with Crippen LogP contribution in [0.25, 0.3) is 11.1 Å². The topological polar surface area (TPSA) is 112 Å². The largest absolute Gasteiger partial charge is 0.508 e. The Morgan fingerprint density at radius 1 is 1.00 bits per heavy atom. The second-order valence-corrected chi connectivity index (χ2v) is 7.40. The molecule has 0 radical (unpaired) electrons. The van der Waals surface area contributed by atoms with Crippen LogP contribution < -0.4 is 4.74 Å². The molecule has 0 aliphatic rings. The SMILES string of the molecule is CCc1c(O)cc(O)c(-c2cccc(OCc3ccccn3)c2)c1CCOCC(O)CO. The molecule has 0 bridgehead atoms. The van der Waals surface area contributed by atoms with Crippen LogP contribution in [0.5, 0.6) is 17.2 Å². The molecule has 1 aromatic heterocycles. The molecule has 3 aromatic rings. The van der Waals surface area contributed by atoms with Crippen LogP contribution in [0, 0.1) is 0 Å². The van der Waals surface area contributed by atoms with Gasteiger partial charge >= 0.3 is 0 Å². The standard InChI is InChI=1S/C25H29NO6/c1-2-21-22(9-11-31-16-19(28)14-27)25(24(30)13-23(21)29)17-6-5-8-20(12-17)32-15-18-7-3-4-10-26-18/h3-8,10,12-13,19,27-30H,2,9,11,14-16H2,1H3. The van der Waals surface area contributed by atoms with Gasteiger partial charge in [0.15, 0.2) is 0 Å². The lowest BCUT2D eigenvalue weighted by Gasteiger charge is -2.19. The highest BCUT2D eigenvalue weighted by Crippen LogP contribution is 2.41. The van der Waals surface area contributed by atoms with Crippen LogP contribution in [0.4, 0.5) is 0 Å². The summed E-state index contributed by atoms with van der Waals surface area (Å²) in [4.78, 5) is 4.26. The van der Waals surface area contributed by atoms with Crippen molar-refractivity contribution < 1.29 is 29.9 Å². The first-order valence-electron chi connectivity index (χ1n) is 10.6. The average Bonchev–Trinajstić information content (AvgIpc) is 2.81. The minimum absolute atomic E-state index is 0.00887. The van der Waals surface area contributed by atoms with Gasteiger partial charge in [0.25, 0.3) is 0 Å². The quantitative estimate of drug-likeness (QED) is 0.339. The first-order valence-corrected chi connectivity index (χ1v) is 10.6. The van der Waals surface area contributed by atoms with Crippen molar-refractivity contribution in [1.82, 2.24) is 4.98 Å². The van der Waals surface area contributed by atoms with Gasteiger partial charge in [-0.2, -0.15) is 0 Å². The van der Waals surface area contributed by atoms with Gasteiger partial charge < -0.3 is 29.9 Å². The third-order valence-corrected chi connectivity index (χ3v) is 5.11. The Balaban J connectivity index is 1.87. The number of phenolic OH excluding ortho intramolecular Hbond substituents is 2. The average molecular weight is 440 g/mol. The summed E-state index contributed by atoms with van der Waals surface area (Å²) >= 11 is 0. The Bertz CT molecular complexity index is 1010. The highest BCUT2D eigenvalue weighted by Gasteiger charge is 2.19. The fourth-order valence-electron chi connectivity index (χ4n) is 3.57. The summed E-state index contributed by atoms with van der Waals surface area (Å²) in [6.45, 7) is 2.15. The molecule has 0 saturated carbocycles. The lowest BCUT2D eigenvalue weighted by Crippen LogP contribution is -2.20. The molecule has 1 atom stereocenters. The maximum absolute atomic E-state index is 10.7. The zero-order valence-corrected chi connectivity index (χ0v) is 18.1. The zero-order chi connectivity index (χ0) is 22.9. The van der Waals surface area contributed by atoms with Gasteiger partial charge in [0.2, 0.25) is 0 Å². The fourth-order valence-corrected chi connectivity index (χ4v) is 3.57. The predicted octanol–water partition coefficient (Wildman–Crippen LogP) is 3.21. The smallest absolute Gasteiger partial charge is 0.130 e. The number of pyridine rings is 1. The van der Waals surface area contributed by atoms with Crippen molar-refractivity contribution in [3.63, 3.8) is 0 Å². The van der Waals surface area contributed by atoms with E-state index >= 15 is 0 Å². The maximum atomic E-state index is 10.7. The molecule has 3 rings (SSSR count). The predicted molar refractivity (Wildman–Crippen MR) is 121 cm³/mol. The van der Waals surface area contributed by atoms with Crippen LogP contribution in [0.15, 0.2) is 54.7 Å². The minimum atomic E-state index is -0.939. The molecule has 0 saturated heterocycles. The van der Waals surface area contributed by atoms with Crippen LogP contribution in [-0.2, 0) is 24.2 Å². The van der Waals surface area contributed by atoms with Crippen LogP contribution in [0.3, 0.4) is 0 Å². The molecule has 32 heavy (non-hydrogen) atoms. The number of benzene rings is 2. The van der Waals surface area contributed by atoms with Gasteiger partial charge in [-0.1, -0.05) is 25.1 Å². The van der Waals surface area contributed by atoms with Crippen molar-refractivity contribution >= 4 is 0 Å². The van der Waals surface area contributed by atoms with Crippen molar-refractivity contribution in [2.24, 2.45) is 0 Å². The van der Waals surface area contributed by atoms with E-state index in [-0.39, 0.29) is 31.3 Å². The van der Waals surface area contributed by atoms with Gasteiger partial charge in [0, 0.05) is 17.8 Å². The molecule has 0 amide bonds. The van der Waals surface area contributed by atoms with E-state index in [4.69, 9.17) is 14.6 Å². The summed E-state index contributed by atoms with van der Waals surface area (Å²) in [5.41, 5.74) is 3.66. The summed E-state index contributed by atoms with van der Waals surface area (Å²) in [5.74, 6) is 0.626. The van der Waals surface area contributed by atoms with Crippen LogP contribution in [0.1, 0.15) is 23.7 Å². The van der Waals surface area contributed by atoms with Crippen molar-refractivity contribution in [3.8, 4) is 28.4 Å². The fraction of sp³-hybridized carbons (Fsp3) is 0.320. The van der Waals surface area contributed by atoms with Gasteiger partial charge in [-0.25, -0.2) is 0 Å². The van der Waals surface area contributed by atoms with E-state index in [1.54, 1.807) is 6.20 Å². The first-order chi connectivity index (χ1) is 15.5. The number of hydrogen-bond donors (Lipinski definition) is 4. The van der Waals surface area contributed by atoms with E-state index in [1.165, 1.54) is 6.07 Å². The molecule has 0 aliphatic carbocycles. The maximum Gasteiger partial charge on any atom is 0.130 e. The molecule has 7 heteroatoms. The van der Waals surface area contributed by atoms with Gasteiger partial charge in [-0.05, 0) is 53.8 Å². The number of aromatic hydroxyl groups is 2. The van der Waals surface area contributed by atoms with Crippen molar-refractivity contribution in [2.45, 2.75) is 32.5 Å². The number of aromatic nitrogens is 1. The molecule has 7 nitrogen and oxygen atoms in total. The zero-order valence-electron chi connectivity index (χ0n) is 18.1. The number of hydrogen-bond acceptors (Lipinski definition) is 7. The van der Waals surface area contributed by atoms with Gasteiger partial charge in [0.1, 0.15) is 30.0 Å². The third-order valence-electron chi connectivity index (χ3n) is 5.11. The molecule has 0 fully saturated rings. The summed E-state index contributed by atoms with van der Waals surface area (Å²) in [6.07, 6.45) is 1.76. The molecule has 1 heterocycles. The number of rotatable bonds is 11. The normalized spacial score (nSPS) is 12.0. The van der Waals surface area contributed by atoms with E-state index in [0.717, 1.165) is 22.4 Å². The van der Waals surface area contributed by atoms with Gasteiger partial charge in [-0.3, -0.25) is 4.98 Å². The molecule has 1 unspecified atom stereocenters. The van der Waals surface area contributed by atoms with Crippen molar-refractivity contribution in [2.75, 3.05) is 19.8 Å². The van der Waals surface area contributed by atoms with Gasteiger partial charge in [0.05, 0.1) is 25.5 Å². The highest BCUT2D eigenvalue weighted by molar-refractivity contribution is 5.77. The second-order valence-electron chi connectivity index (χ2n) is 7.40. The Morgan fingerprint density at radius 3 is 2.56 bits per heavy atom. The lowest BCUT2D eigenvalue weighted by molar-refractivity contribution is 0.00720. The van der Waals surface area contributed by atoms with Crippen LogP contribution >= 0.6 is 0 Å². The van der Waals surface area contributed by atoms with E-state index < -0.39 is 6.10 Å². The minimum Gasteiger partial charge on any atom is -0.508 e. The van der Waals surface area contributed by atoms with Gasteiger partial charge in [-0.15, -0.1) is 0 Å². The molecule has 170 valence electrons.